The number of carboxylic acids is 1. The van der Waals surface area contributed by atoms with Gasteiger partial charge in [-0.05, 0) is 45.8 Å². The second-order valence-corrected chi connectivity index (χ2v) is 5.56. The lowest BCUT2D eigenvalue weighted by molar-refractivity contribution is -0.136. The molecule has 0 bridgehead atoms. The van der Waals surface area contributed by atoms with E-state index in [0.29, 0.717) is 26.3 Å². The molecule has 0 saturated heterocycles. The summed E-state index contributed by atoms with van der Waals surface area (Å²) in [7, 11) is 0. The molecule has 0 aliphatic carbocycles. The molecule has 0 atom stereocenters. The van der Waals surface area contributed by atoms with E-state index in [1.807, 2.05) is 0 Å². The quantitative estimate of drug-likeness (QED) is 0.858. The molecule has 0 aliphatic rings. The average Bonchev–Trinajstić information content (AvgIpc) is 2.41. The molecule has 21 heavy (non-hydrogen) atoms. The fourth-order valence-electron chi connectivity index (χ4n) is 1.81. The Balaban J connectivity index is 2.20. The number of carboxylic acid groups (broad SMARTS) is 1. The molecule has 0 spiro atoms. The van der Waals surface area contributed by atoms with Crippen LogP contribution in [0.15, 0.2) is 46.9 Å². The van der Waals surface area contributed by atoms with Crippen LogP contribution in [0.1, 0.15) is 15.9 Å². The standard InChI is InChI=1S/C15H11BrClNO3/c16-12-6-2-5-11(14(12)17)15(21)18-10-4-1-3-9(7-10)8-13(19)20/h1-7H,8H2,(H,18,21)(H,19,20). The minimum absolute atomic E-state index is 0.0959. The van der Waals surface area contributed by atoms with Crippen LogP contribution in [0, 0.1) is 0 Å². The zero-order valence-corrected chi connectivity index (χ0v) is 13.1. The van der Waals surface area contributed by atoms with Gasteiger partial charge in [-0.2, -0.15) is 0 Å². The summed E-state index contributed by atoms with van der Waals surface area (Å²) in [6.45, 7) is 0. The van der Waals surface area contributed by atoms with Crippen LogP contribution in [0.4, 0.5) is 5.69 Å². The minimum atomic E-state index is -0.923. The summed E-state index contributed by atoms with van der Waals surface area (Å²) in [5.41, 5.74) is 1.48. The number of halogens is 2. The lowest BCUT2D eigenvalue weighted by Gasteiger charge is -2.08. The highest BCUT2D eigenvalue weighted by molar-refractivity contribution is 9.10. The summed E-state index contributed by atoms with van der Waals surface area (Å²) in [4.78, 5) is 22.9. The topological polar surface area (TPSA) is 66.4 Å². The number of amides is 1. The van der Waals surface area contributed by atoms with Crippen LogP contribution in [-0.4, -0.2) is 17.0 Å². The molecule has 0 aromatic heterocycles. The summed E-state index contributed by atoms with van der Waals surface area (Å²) < 4.78 is 0.636. The van der Waals surface area contributed by atoms with Gasteiger partial charge in [0.2, 0.25) is 0 Å². The Kier molecular flexibility index (Phi) is 4.98. The molecule has 2 N–H and O–H groups in total. The lowest BCUT2D eigenvalue weighted by atomic mass is 10.1. The smallest absolute Gasteiger partial charge is 0.307 e. The molecule has 2 aromatic carbocycles. The summed E-state index contributed by atoms with van der Waals surface area (Å²) in [6, 6.07) is 11.8. The number of hydrogen-bond donors (Lipinski definition) is 2. The maximum absolute atomic E-state index is 12.2. The Bertz CT molecular complexity index is 703. The first-order valence-electron chi connectivity index (χ1n) is 6.03. The Hall–Kier alpha value is -1.85. The first-order chi connectivity index (χ1) is 9.97. The molecule has 2 rings (SSSR count). The Morgan fingerprint density at radius 2 is 1.90 bits per heavy atom. The number of rotatable bonds is 4. The Morgan fingerprint density at radius 3 is 2.62 bits per heavy atom. The highest BCUT2D eigenvalue weighted by Gasteiger charge is 2.12. The van der Waals surface area contributed by atoms with Crippen molar-refractivity contribution < 1.29 is 14.7 Å². The maximum Gasteiger partial charge on any atom is 0.307 e. The molecular weight excluding hydrogens is 358 g/mol. The number of anilines is 1. The third-order valence-electron chi connectivity index (χ3n) is 2.74. The summed E-state index contributed by atoms with van der Waals surface area (Å²) in [6.07, 6.45) is -0.0959. The normalized spacial score (nSPS) is 10.2. The van der Waals surface area contributed by atoms with Crippen molar-refractivity contribution in [3.8, 4) is 0 Å². The molecule has 0 unspecified atom stereocenters. The van der Waals surface area contributed by atoms with E-state index in [2.05, 4.69) is 21.2 Å². The third kappa shape index (κ3) is 4.06. The zero-order valence-electron chi connectivity index (χ0n) is 10.8. The van der Waals surface area contributed by atoms with E-state index in [1.165, 1.54) is 0 Å². The van der Waals surface area contributed by atoms with Gasteiger partial charge in [0.25, 0.3) is 5.91 Å². The maximum atomic E-state index is 12.2. The molecule has 0 aliphatic heterocycles. The first kappa shape index (κ1) is 15.5. The van der Waals surface area contributed by atoms with Gasteiger partial charge in [-0.3, -0.25) is 9.59 Å². The fourth-order valence-corrected chi connectivity index (χ4v) is 2.39. The largest absolute Gasteiger partial charge is 0.481 e. The van der Waals surface area contributed by atoms with Gasteiger partial charge >= 0.3 is 5.97 Å². The summed E-state index contributed by atoms with van der Waals surface area (Å²) in [5.74, 6) is -1.28. The van der Waals surface area contributed by atoms with Crippen molar-refractivity contribution >= 4 is 45.1 Å². The zero-order chi connectivity index (χ0) is 15.4. The summed E-state index contributed by atoms with van der Waals surface area (Å²) in [5, 5.41) is 11.8. The van der Waals surface area contributed by atoms with Crippen molar-refractivity contribution in [2.75, 3.05) is 5.32 Å². The SMILES string of the molecule is O=C(O)Cc1cccc(NC(=O)c2cccc(Br)c2Cl)c1. The van der Waals surface area contributed by atoms with Gasteiger partial charge in [-0.1, -0.05) is 29.8 Å². The number of benzene rings is 2. The van der Waals surface area contributed by atoms with Crippen molar-refractivity contribution in [3.63, 3.8) is 0 Å². The van der Waals surface area contributed by atoms with Crippen LogP contribution >= 0.6 is 27.5 Å². The van der Waals surface area contributed by atoms with Crippen molar-refractivity contribution in [2.45, 2.75) is 6.42 Å². The number of nitrogens with one attached hydrogen (secondary N) is 1. The highest BCUT2D eigenvalue weighted by Crippen LogP contribution is 2.26. The van der Waals surface area contributed by atoms with Gasteiger partial charge in [0.05, 0.1) is 17.0 Å². The van der Waals surface area contributed by atoms with Crippen LogP contribution in [0.2, 0.25) is 5.02 Å². The van der Waals surface area contributed by atoms with E-state index >= 15 is 0 Å². The molecule has 0 radical (unpaired) electrons. The molecule has 2 aromatic rings. The second-order valence-electron chi connectivity index (χ2n) is 4.33. The van der Waals surface area contributed by atoms with Crippen LogP contribution in [0.3, 0.4) is 0 Å². The van der Waals surface area contributed by atoms with Crippen LogP contribution in [0.5, 0.6) is 0 Å². The van der Waals surface area contributed by atoms with Crippen LogP contribution in [0.25, 0.3) is 0 Å². The number of hydrogen-bond acceptors (Lipinski definition) is 2. The number of aliphatic carboxylic acids is 1. The fraction of sp³-hybridized carbons (Fsp3) is 0.0667. The second kappa shape index (κ2) is 6.74. The predicted molar refractivity (Wildman–Crippen MR) is 84.9 cm³/mol. The molecule has 0 saturated carbocycles. The van der Waals surface area contributed by atoms with E-state index in [-0.39, 0.29) is 12.3 Å². The summed E-state index contributed by atoms with van der Waals surface area (Å²) >= 11 is 9.33. The third-order valence-corrected chi connectivity index (χ3v) is 4.03. The molecule has 4 nitrogen and oxygen atoms in total. The molecule has 1 amide bonds. The number of carbonyl (C=O) groups excluding carboxylic acids is 1. The minimum Gasteiger partial charge on any atom is -0.481 e. The van der Waals surface area contributed by atoms with Gasteiger partial charge in [0, 0.05) is 10.2 Å². The Labute approximate surface area is 134 Å². The number of carbonyl (C=O) groups is 2. The van der Waals surface area contributed by atoms with Gasteiger partial charge in [0.15, 0.2) is 0 Å². The molecule has 6 heteroatoms. The molecule has 108 valence electrons. The van der Waals surface area contributed by atoms with E-state index in [0.717, 1.165) is 0 Å². The van der Waals surface area contributed by atoms with E-state index in [9.17, 15) is 9.59 Å². The molecule has 0 heterocycles. The predicted octanol–water partition coefficient (Wildman–Crippen LogP) is 3.98. The van der Waals surface area contributed by atoms with Gasteiger partial charge in [-0.15, -0.1) is 0 Å². The average molecular weight is 369 g/mol. The Morgan fingerprint density at radius 1 is 1.19 bits per heavy atom. The highest BCUT2D eigenvalue weighted by atomic mass is 79.9. The van der Waals surface area contributed by atoms with Gasteiger partial charge in [0.1, 0.15) is 0 Å². The van der Waals surface area contributed by atoms with Crippen molar-refractivity contribution in [3.05, 3.63) is 63.1 Å². The molecule has 0 fully saturated rings. The monoisotopic (exact) mass is 367 g/mol. The first-order valence-corrected chi connectivity index (χ1v) is 7.20. The van der Waals surface area contributed by atoms with Crippen molar-refractivity contribution in [1.82, 2.24) is 0 Å². The van der Waals surface area contributed by atoms with Gasteiger partial charge in [-0.25, -0.2) is 0 Å². The lowest BCUT2D eigenvalue weighted by Crippen LogP contribution is -2.13. The van der Waals surface area contributed by atoms with Crippen LogP contribution in [-0.2, 0) is 11.2 Å². The van der Waals surface area contributed by atoms with E-state index in [1.54, 1.807) is 42.5 Å². The van der Waals surface area contributed by atoms with E-state index < -0.39 is 5.97 Å². The van der Waals surface area contributed by atoms with Crippen molar-refractivity contribution in [1.29, 1.82) is 0 Å². The van der Waals surface area contributed by atoms with Crippen LogP contribution < -0.4 is 5.32 Å². The van der Waals surface area contributed by atoms with E-state index in [4.69, 9.17) is 16.7 Å². The van der Waals surface area contributed by atoms with Gasteiger partial charge < -0.3 is 10.4 Å². The van der Waals surface area contributed by atoms with Crippen molar-refractivity contribution in [2.24, 2.45) is 0 Å². The molecular formula is C15H11BrClNO3.